The van der Waals surface area contributed by atoms with E-state index < -0.39 is 0 Å². The largest absolute Gasteiger partial charge is 0.329 e. The topological polar surface area (TPSA) is 24.3 Å². The van der Waals surface area contributed by atoms with E-state index in [1.54, 1.807) is 0 Å². The van der Waals surface area contributed by atoms with Crippen molar-refractivity contribution < 1.29 is 0 Å². The van der Waals surface area contributed by atoms with Crippen LogP contribution in [-0.2, 0) is 13.1 Å². The zero-order chi connectivity index (χ0) is 15.5. The van der Waals surface area contributed by atoms with Gasteiger partial charge in [0.25, 0.3) is 0 Å². The van der Waals surface area contributed by atoms with Crippen molar-refractivity contribution in [3.8, 4) is 0 Å². The lowest BCUT2D eigenvalue weighted by Gasteiger charge is -2.35. The number of fused-ring (bicyclic) bond motifs is 1. The molecule has 1 aliphatic rings. The van der Waals surface area contributed by atoms with Crippen LogP contribution in [-0.4, -0.2) is 46.5 Å². The zero-order valence-electron chi connectivity index (χ0n) is 13.2. The lowest BCUT2D eigenvalue weighted by molar-refractivity contribution is 0.165. The first-order valence-corrected chi connectivity index (χ1v) is 8.12. The monoisotopic (exact) mass is 318 g/mol. The molecule has 1 aromatic heterocycles. The lowest BCUT2D eigenvalue weighted by atomic mass is 10.1. The van der Waals surface area contributed by atoms with Crippen molar-refractivity contribution in [1.82, 2.24) is 19.4 Å². The Morgan fingerprint density at radius 1 is 1.36 bits per heavy atom. The van der Waals surface area contributed by atoms with Crippen LogP contribution in [0.3, 0.4) is 0 Å². The van der Waals surface area contributed by atoms with Crippen LogP contribution in [0.2, 0.25) is 5.02 Å². The molecule has 5 heteroatoms. The Balaban J connectivity index is 1.72. The van der Waals surface area contributed by atoms with Crippen LogP contribution in [0.25, 0.3) is 0 Å². The summed E-state index contributed by atoms with van der Waals surface area (Å²) in [7, 11) is 4.25. The lowest BCUT2D eigenvalue weighted by Crippen LogP contribution is -2.37. The third kappa shape index (κ3) is 3.69. The van der Waals surface area contributed by atoms with Gasteiger partial charge in [-0.3, -0.25) is 4.90 Å². The average Bonchev–Trinajstić information content (AvgIpc) is 2.93. The minimum absolute atomic E-state index is 0.493. The van der Waals surface area contributed by atoms with Crippen LogP contribution in [0.4, 0.5) is 0 Å². The fourth-order valence-electron chi connectivity index (χ4n) is 3.11. The molecule has 0 amide bonds. The summed E-state index contributed by atoms with van der Waals surface area (Å²) < 4.78 is 2.35. The van der Waals surface area contributed by atoms with Crippen LogP contribution in [0, 0.1) is 0 Å². The first-order valence-electron chi connectivity index (χ1n) is 7.74. The molecular formula is C17H23ClN4. The SMILES string of the molecule is CN(C)CC[C@@H]1CN(Cc2cccc(Cl)c2)Cc2cncn21. The first kappa shape index (κ1) is 15.5. The molecule has 22 heavy (non-hydrogen) atoms. The normalized spacial score (nSPS) is 18.6. The first-order chi connectivity index (χ1) is 10.6. The molecule has 118 valence electrons. The molecule has 2 heterocycles. The van der Waals surface area contributed by atoms with E-state index >= 15 is 0 Å². The van der Waals surface area contributed by atoms with Gasteiger partial charge in [0.2, 0.25) is 0 Å². The van der Waals surface area contributed by atoms with Crippen molar-refractivity contribution in [3.05, 3.63) is 53.1 Å². The fraction of sp³-hybridized carbons (Fsp3) is 0.471. The molecule has 1 atom stereocenters. The standard InChI is InChI=1S/C17H23ClN4/c1-20(2)7-6-16-11-21(12-17-9-19-13-22(16)17)10-14-4-3-5-15(18)8-14/h3-5,8-9,13,16H,6-7,10-12H2,1-2H3/t16-/m1/s1. The molecule has 2 aromatic rings. The summed E-state index contributed by atoms with van der Waals surface area (Å²) in [6.45, 7) is 4.03. The van der Waals surface area contributed by atoms with Crippen LogP contribution >= 0.6 is 11.6 Å². The van der Waals surface area contributed by atoms with Gasteiger partial charge in [-0.2, -0.15) is 0 Å². The number of hydrogen-bond donors (Lipinski definition) is 0. The number of halogens is 1. The molecule has 0 saturated heterocycles. The number of benzene rings is 1. The van der Waals surface area contributed by atoms with Gasteiger partial charge in [0.1, 0.15) is 0 Å². The Morgan fingerprint density at radius 2 is 2.23 bits per heavy atom. The van der Waals surface area contributed by atoms with E-state index in [0.29, 0.717) is 6.04 Å². The summed E-state index contributed by atoms with van der Waals surface area (Å²) in [5.74, 6) is 0. The molecule has 0 aliphatic carbocycles. The van der Waals surface area contributed by atoms with E-state index in [1.165, 1.54) is 11.3 Å². The summed E-state index contributed by atoms with van der Waals surface area (Å²) >= 11 is 6.10. The minimum Gasteiger partial charge on any atom is -0.329 e. The maximum Gasteiger partial charge on any atom is 0.0951 e. The van der Waals surface area contributed by atoms with Crippen molar-refractivity contribution in [2.75, 3.05) is 27.2 Å². The van der Waals surface area contributed by atoms with Crippen LogP contribution in [0.15, 0.2) is 36.8 Å². The van der Waals surface area contributed by atoms with Gasteiger partial charge in [0, 0.05) is 36.9 Å². The van der Waals surface area contributed by atoms with E-state index in [0.717, 1.165) is 37.6 Å². The van der Waals surface area contributed by atoms with Crippen LogP contribution in [0.1, 0.15) is 23.7 Å². The minimum atomic E-state index is 0.493. The molecule has 3 rings (SSSR count). The number of rotatable bonds is 5. The number of aromatic nitrogens is 2. The molecule has 1 aliphatic heterocycles. The molecule has 1 aromatic carbocycles. The van der Waals surface area contributed by atoms with Gasteiger partial charge in [0.05, 0.1) is 12.0 Å². The highest BCUT2D eigenvalue weighted by atomic mass is 35.5. The van der Waals surface area contributed by atoms with Crippen molar-refractivity contribution in [1.29, 1.82) is 0 Å². The quantitative estimate of drug-likeness (QED) is 0.847. The van der Waals surface area contributed by atoms with E-state index in [1.807, 2.05) is 24.7 Å². The number of hydrogen-bond acceptors (Lipinski definition) is 3. The maximum absolute atomic E-state index is 6.10. The number of nitrogens with zero attached hydrogens (tertiary/aromatic N) is 4. The Kier molecular flexibility index (Phi) is 4.81. The van der Waals surface area contributed by atoms with Crippen LogP contribution in [0.5, 0.6) is 0 Å². The van der Waals surface area contributed by atoms with Gasteiger partial charge < -0.3 is 9.47 Å². The second-order valence-electron chi connectivity index (χ2n) is 6.34. The molecule has 0 saturated carbocycles. The zero-order valence-corrected chi connectivity index (χ0v) is 14.0. The van der Waals surface area contributed by atoms with Gasteiger partial charge >= 0.3 is 0 Å². The van der Waals surface area contributed by atoms with Gasteiger partial charge in [-0.1, -0.05) is 23.7 Å². The second kappa shape index (κ2) is 6.82. The van der Waals surface area contributed by atoms with Crippen molar-refractivity contribution >= 4 is 11.6 Å². The van der Waals surface area contributed by atoms with Gasteiger partial charge in [-0.15, -0.1) is 0 Å². The predicted octanol–water partition coefficient (Wildman–Crippen LogP) is 3.05. The summed E-state index contributed by atoms with van der Waals surface area (Å²) in [5, 5.41) is 0.809. The van der Waals surface area contributed by atoms with Crippen molar-refractivity contribution in [3.63, 3.8) is 0 Å². The molecular weight excluding hydrogens is 296 g/mol. The van der Waals surface area contributed by atoms with E-state index in [9.17, 15) is 0 Å². The highest BCUT2D eigenvalue weighted by molar-refractivity contribution is 6.30. The summed E-state index contributed by atoms with van der Waals surface area (Å²) in [6, 6.07) is 8.65. The van der Waals surface area contributed by atoms with E-state index in [2.05, 4.69) is 45.6 Å². The molecule has 0 fully saturated rings. The average molecular weight is 319 g/mol. The molecule has 0 spiro atoms. The summed E-state index contributed by atoms with van der Waals surface area (Å²) in [4.78, 5) is 9.07. The molecule has 0 unspecified atom stereocenters. The van der Waals surface area contributed by atoms with E-state index in [-0.39, 0.29) is 0 Å². The van der Waals surface area contributed by atoms with Gasteiger partial charge in [-0.05, 0) is 44.8 Å². The van der Waals surface area contributed by atoms with Crippen LogP contribution < -0.4 is 0 Å². The summed E-state index contributed by atoms with van der Waals surface area (Å²) in [6.07, 6.45) is 5.11. The van der Waals surface area contributed by atoms with E-state index in [4.69, 9.17) is 11.6 Å². The molecule has 4 nitrogen and oxygen atoms in total. The fourth-order valence-corrected chi connectivity index (χ4v) is 3.33. The second-order valence-corrected chi connectivity index (χ2v) is 6.77. The Labute approximate surface area is 137 Å². The number of imidazole rings is 1. The Bertz CT molecular complexity index is 623. The summed E-state index contributed by atoms with van der Waals surface area (Å²) in [5.41, 5.74) is 2.57. The van der Waals surface area contributed by atoms with Crippen molar-refractivity contribution in [2.45, 2.75) is 25.6 Å². The highest BCUT2D eigenvalue weighted by Crippen LogP contribution is 2.25. The highest BCUT2D eigenvalue weighted by Gasteiger charge is 2.24. The Hall–Kier alpha value is -1.36. The van der Waals surface area contributed by atoms with Gasteiger partial charge in [0.15, 0.2) is 0 Å². The third-order valence-electron chi connectivity index (χ3n) is 4.20. The molecule has 0 bridgehead atoms. The smallest absolute Gasteiger partial charge is 0.0951 e. The van der Waals surface area contributed by atoms with Crippen molar-refractivity contribution in [2.24, 2.45) is 0 Å². The maximum atomic E-state index is 6.10. The third-order valence-corrected chi connectivity index (χ3v) is 4.43. The predicted molar refractivity (Wildman–Crippen MR) is 90.0 cm³/mol. The Morgan fingerprint density at radius 3 is 3.00 bits per heavy atom. The van der Waals surface area contributed by atoms with Gasteiger partial charge in [-0.25, -0.2) is 4.98 Å². The molecule has 0 N–H and O–H groups in total. The molecule has 0 radical (unpaired) electrons.